The van der Waals surface area contributed by atoms with Gasteiger partial charge in [0.2, 0.25) is 0 Å². The number of furan rings is 1. The molecule has 2 aromatic rings. The lowest BCUT2D eigenvalue weighted by molar-refractivity contribution is -0.123. The third kappa shape index (κ3) is 6.25. The fourth-order valence-electron chi connectivity index (χ4n) is 3.41. The van der Waals surface area contributed by atoms with Crippen molar-refractivity contribution in [3.05, 3.63) is 41.9 Å². The number of esters is 1. The summed E-state index contributed by atoms with van der Waals surface area (Å²) in [4.78, 5) is 49.0. The lowest BCUT2D eigenvalue weighted by Crippen LogP contribution is -2.45. The molecule has 33 heavy (non-hydrogen) atoms. The van der Waals surface area contributed by atoms with Crippen molar-refractivity contribution < 1.29 is 37.8 Å². The van der Waals surface area contributed by atoms with Crippen LogP contribution in [-0.2, 0) is 9.53 Å². The second kappa shape index (κ2) is 11.0. The van der Waals surface area contributed by atoms with Gasteiger partial charge in [0.05, 0.1) is 31.7 Å². The largest absolute Gasteiger partial charge is 0.493 e. The minimum absolute atomic E-state index is 0.0248. The van der Waals surface area contributed by atoms with Crippen molar-refractivity contribution in [2.45, 2.75) is 31.7 Å². The number of rotatable bonds is 8. The van der Waals surface area contributed by atoms with E-state index < -0.39 is 30.4 Å². The molecule has 0 spiro atoms. The summed E-state index contributed by atoms with van der Waals surface area (Å²) in [6.07, 6.45) is 5.12. The number of carbonyl (C=O) groups excluding carboxylic acids is 4. The van der Waals surface area contributed by atoms with Gasteiger partial charge in [-0.05, 0) is 25.0 Å². The molecule has 1 fully saturated rings. The summed E-state index contributed by atoms with van der Waals surface area (Å²) in [7, 11) is 2.78. The van der Waals surface area contributed by atoms with E-state index in [9.17, 15) is 19.2 Å². The van der Waals surface area contributed by atoms with Crippen LogP contribution >= 0.6 is 0 Å². The van der Waals surface area contributed by atoms with Gasteiger partial charge in [-0.1, -0.05) is 12.8 Å². The van der Waals surface area contributed by atoms with Gasteiger partial charge in [-0.2, -0.15) is 0 Å². The van der Waals surface area contributed by atoms with Crippen LogP contribution in [0.3, 0.4) is 0 Å². The zero-order chi connectivity index (χ0) is 23.8. The summed E-state index contributed by atoms with van der Waals surface area (Å²) in [6, 6.07) is 5.08. The molecule has 3 N–H and O–H groups in total. The third-order valence-corrected chi connectivity index (χ3v) is 5.01. The van der Waals surface area contributed by atoms with E-state index >= 15 is 0 Å². The lowest BCUT2D eigenvalue weighted by atomic mass is 10.1. The number of amides is 4. The van der Waals surface area contributed by atoms with Crippen molar-refractivity contribution in [1.29, 1.82) is 0 Å². The van der Waals surface area contributed by atoms with E-state index in [0.717, 1.165) is 25.7 Å². The molecule has 3 rings (SSSR count). The van der Waals surface area contributed by atoms with Gasteiger partial charge in [0.15, 0.2) is 23.9 Å². The van der Waals surface area contributed by atoms with Crippen LogP contribution in [0.4, 0.5) is 10.5 Å². The summed E-state index contributed by atoms with van der Waals surface area (Å²) >= 11 is 0. The van der Waals surface area contributed by atoms with Gasteiger partial charge in [-0.3, -0.25) is 14.9 Å². The van der Waals surface area contributed by atoms with Crippen molar-refractivity contribution in [1.82, 2.24) is 10.6 Å². The van der Waals surface area contributed by atoms with Crippen LogP contribution in [0, 0.1) is 0 Å². The Bertz CT molecular complexity index is 1010. The molecule has 4 amide bonds. The number of ether oxygens (including phenoxy) is 3. The number of nitrogens with one attached hydrogen (secondary N) is 3. The number of methoxy groups -OCH3 is 2. The number of hydrogen-bond donors (Lipinski definition) is 3. The van der Waals surface area contributed by atoms with Crippen LogP contribution in [0.2, 0.25) is 0 Å². The number of urea groups is 1. The summed E-state index contributed by atoms with van der Waals surface area (Å²) in [5.41, 5.74) is -0.0332. The van der Waals surface area contributed by atoms with E-state index in [0.29, 0.717) is 0 Å². The van der Waals surface area contributed by atoms with Crippen molar-refractivity contribution in [3.63, 3.8) is 0 Å². The Morgan fingerprint density at radius 1 is 1.06 bits per heavy atom. The molecule has 1 aliphatic rings. The van der Waals surface area contributed by atoms with Crippen molar-refractivity contribution in [2.24, 2.45) is 0 Å². The van der Waals surface area contributed by atoms with Gasteiger partial charge in [0.1, 0.15) is 0 Å². The Balaban J connectivity index is 1.67. The number of hydrogen-bond acceptors (Lipinski definition) is 8. The first-order valence-electron chi connectivity index (χ1n) is 10.3. The van der Waals surface area contributed by atoms with Crippen LogP contribution in [-0.4, -0.2) is 50.7 Å². The van der Waals surface area contributed by atoms with E-state index in [-0.39, 0.29) is 34.6 Å². The van der Waals surface area contributed by atoms with Crippen LogP contribution < -0.4 is 25.4 Å². The Morgan fingerprint density at radius 2 is 1.76 bits per heavy atom. The quantitative estimate of drug-likeness (QED) is 0.511. The van der Waals surface area contributed by atoms with E-state index in [1.54, 1.807) is 6.07 Å². The second-order valence-corrected chi connectivity index (χ2v) is 7.26. The standard InChI is InChI=1S/C22H25N3O8/c1-30-17-10-14(15(11-18(17)31-2)24-20(27)16-8-5-9-32-16)21(28)33-12-19(26)25-22(29)23-13-6-3-4-7-13/h5,8-11,13H,3-4,6-7,12H2,1-2H3,(H,24,27)(H2,23,25,26,29). The second-order valence-electron chi connectivity index (χ2n) is 7.26. The predicted octanol–water partition coefficient (Wildman–Crippen LogP) is 2.47. The zero-order valence-electron chi connectivity index (χ0n) is 18.3. The van der Waals surface area contributed by atoms with Gasteiger partial charge in [-0.25, -0.2) is 9.59 Å². The minimum atomic E-state index is -0.919. The number of anilines is 1. The molecular weight excluding hydrogens is 434 g/mol. The first-order valence-corrected chi connectivity index (χ1v) is 10.3. The smallest absolute Gasteiger partial charge is 0.340 e. The molecule has 176 valence electrons. The van der Waals surface area contributed by atoms with Crippen LogP contribution in [0.15, 0.2) is 34.9 Å². The fourth-order valence-corrected chi connectivity index (χ4v) is 3.41. The zero-order valence-corrected chi connectivity index (χ0v) is 18.3. The minimum Gasteiger partial charge on any atom is -0.493 e. The summed E-state index contributed by atoms with van der Waals surface area (Å²) in [6.45, 7) is -0.698. The van der Waals surface area contributed by atoms with Gasteiger partial charge in [0, 0.05) is 18.2 Å². The molecule has 11 nitrogen and oxygen atoms in total. The van der Waals surface area contributed by atoms with Crippen molar-refractivity contribution in [2.75, 3.05) is 26.1 Å². The van der Waals surface area contributed by atoms with Gasteiger partial charge >= 0.3 is 12.0 Å². The third-order valence-electron chi connectivity index (χ3n) is 5.01. The first-order chi connectivity index (χ1) is 15.9. The maximum atomic E-state index is 12.7. The molecule has 1 aliphatic carbocycles. The Labute approximate surface area is 189 Å². The Morgan fingerprint density at radius 3 is 2.39 bits per heavy atom. The van der Waals surface area contributed by atoms with E-state index in [2.05, 4.69) is 16.0 Å². The highest BCUT2D eigenvalue weighted by atomic mass is 16.5. The highest BCUT2D eigenvalue weighted by Gasteiger charge is 2.23. The topological polar surface area (TPSA) is 145 Å². The van der Waals surface area contributed by atoms with Crippen molar-refractivity contribution in [3.8, 4) is 11.5 Å². The van der Waals surface area contributed by atoms with Gasteiger partial charge in [-0.15, -0.1) is 0 Å². The maximum Gasteiger partial charge on any atom is 0.340 e. The predicted molar refractivity (Wildman–Crippen MR) is 115 cm³/mol. The summed E-state index contributed by atoms with van der Waals surface area (Å²) in [5.74, 6) is -1.83. The SMILES string of the molecule is COc1cc(NC(=O)c2ccco2)c(C(=O)OCC(=O)NC(=O)NC2CCCC2)cc1OC. The highest BCUT2D eigenvalue weighted by molar-refractivity contribution is 6.07. The molecule has 0 atom stereocenters. The molecule has 0 saturated heterocycles. The molecule has 1 saturated carbocycles. The van der Waals surface area contributed by atoms with E-state index in [1.807, 2.05) is 0 Å². The average Bonchev–Trinajstić information content (AvgIpc) is 3.51. The monoisotopic (exact) mass is 459 g/mol. The molecule has 1 aromatic heterocycles. The average molecular weight is 459 g/mol. The number of imide groups is 1. The summed E-state index contributed by atoms with van der Waals surface area (Å²) < 4.78 is 20.5. The fraction of sp³-hybridized carbons (Fsp3) is 0.364. The maximum absolute atomic E-state index is 12.7. The van der Waals surface area contributed by atoms with Crippen LogP contribution in [0.1, 0.15) is 46.6 Å². The molecule has 11 heteroatoms. The summed E-state index contributed by atoms with van der Waals surface area (Å²) in [5, 5.41) is 7.38. The van der Waals surface area contributed by atoms with E-state index in [4.69, 9.17) is 18.6 Å². The molecule has 0 radical (unpaired) electrons. The molecule has 0 unspecified atom stereocenters. The molecule has 0 bridgehead atoms. The van der Waals surface area contributed by atoms with Crippen LogP contribution in [0.25, 0.3) is 0 Å². The van der Waals surface area contributed by atoms with E-state index in [1.165, 1.54) is 38.7 Å². The Hall–Kier alpha value is -4.02. The number of carbonyl (C=O) groups is 4. The molecule has 1 heterocycles. The van der Waals surface area contributed by atoms with Gasteiger partial charge in [0.25, 0.3) is 11.8 Å². The number of benzene rings is 1. The van der Waals surface area contributed by atoms with Crippen LogP contribution in [0.5, 0.6) is 11.5 Å². The lowest BCUT2D eigenvalue weighted by Gasteiger charge is -2.15. The highest BCUT2D eigenvalue weighted by Crippen LogP contribution is 2.34. The van der Waals surface area contributed by atoms with Crippen molar-refractivity contribution >= 4 is 29.5 Å². The first kappa shape index (κ1) is 23.6. The normalized spacial score (nSPS) is 13.2. The molecular formula is C22H25N3O8. The molecule has 1 aromatic carbocycles. The Kier molecular flexibility index (Phi) is 7.90. The van der Waals surface area contributed by atoms with Gasteiger partial charge < -0.3 is 29.3 Å². The molecule has 0 aliphatic heterocycles.